The number of hydrogen-bond acceptors (Lipinski definition) is 3. The predicted octanol–water partition coefficient (Wildman–Crippen LogP) is 1.65. The van der Waals surface area contributed by atoms with Gasteiger partial charge in [0.15, 0.2) is 0 Å². The van der Waals surface area contributed by atoms with Crippen molar-refractivity contribution in [2.75, 3.05) is 26.2 Å². The second-order valence-corrected chi connectivity index (χ2v) is 4.87. The fourth-order valence-electron chi connectivity index (χ4n) is 2.02. The molecule has 1 saturated heterocycles. The Labute approximate surface area is 93.4 Å². The molecule has 0 aliphatic carbocycles. The average molecular weight is 215 g/mol. The second kappa shape index (κ2) is 5.83. The molecule has 1 fully saturated rings. The van der Waals surface area contributed by atoms with Crippen molar-refractivity contribution < 1.29 is 9.84 Å². The predicted molar refractivity (Wildman–Crippen MR) is 62.0 cm³/mol. The van der Waals surface area contributed by atoms with Crippen LogP contribution >= 0.6 is 0 Å². The molecule has 0 radical (unpaired) electrons. The Morgan fingerprint density at radius 2 is 2.07 bits per heavy atom. The monoisotopic (exact) mass is 215 g/mol. The maximum Gasteiger partial charge on any atom is 0.0892 e. The van der Waals surface area contributed by atoms with Gasteiger partial charge in [0.2, 0.25) is 0 Å². The topological polar surface area (TPSA) is 32.7 Å². The summed E-state index contributed by atoms with van der Waals surface area (Å²) in [4.78, 5) is 2.40. The van der Waals surface area contributed by atoms with Crippen molar-refractivity contribution in [3.63, 3.8) is 0 Å². The number of rotatable bonds is 4. The Hall–Kier alpha value is -0.120. The molecular weight excluding hydrogens is 190 g/mol. The van der Waals surface area contributed by atoms with E-state index in [0.717, 1.165) is 38.9 Å². The number of nitrogens with zero attached hydrogens (tertiary/aromatic N) is 1. The molecule has 1 atom stereocenters. The largest absolute Gasteiger partial charge is 0.387 e. The van der Waals surface area contributed by atoms with Crippen LogP contribution in [0.15, 0.2) is 0 Å². The standard InChI is InChI=1S/C12H25NO2/c1-4-13-8-5-6-12(14,7-9-13)10-15-11(2)3/h11,14H,4-10H2,1-3H3. The molecular formula is C12H25NO2. The highest BCUT2D eigenvalue weighted by atomic mass is 16.5. The number of hydrogen-bond donors (Lipinski definition) is 1. The summed E-state index contributed by atoms with van der Waals surface area (Å²) in [6.07, 6.45) is 3.00. The lowest BCUT2D eigenvalue weighted by molar-refractivity contribution is -0.0718. The molecule has 1 aliphatic heterocycles. The van der Waals surface area contributed by atoms with Gasteiger partial charge in [0.25, 0.3) is 0 Å². The zero-order chi connectivity index (χ0) is 11.3. The van der Waals surface area contributed by atoms with E-state index in [4.69, 9.17) is 4.74 Å². The van der Waals surface area contributed by atoms with Crippen LogP contribution in [0.5, 0.6) is 0 Å². The van der Waals surface area contributed by atoms with Gasteiger partial charge in [0, 0.05) is 6.54 Å². The zero-order valence-corrected chi connectivity index (χ0v) is 10.3. The highest BCUT2D eigenvalue weighted by Crippen LogP contribution is 2.23. The lowest BCUT2D eigenvalue weighted by Crippen LogP contribution is -2.36. The molecule has 0 spiro atoms. The van der Waals surface area contributed by atoms with Gasteiger partial charge < -0.3 is 14.7 Å². The summed E-state index contributed by atoms with van der Waals surface area (Å²) in [5.41, 5.74) is -0.589. The minimum absolute atomic E-state index is 0.208. The van der Waals surface area contributed by atoms with Crippen LogP contribution in [0.3, 0.4) is 0 Å². The van der Waals surface area contributed by atoms with E-state index in [1.165, 1.54) is 0 Å². The van der Waals surface area contributed by atoms with Crippen molar-refractivity contribution in [3.8, 4) is 0 Å². The van der Waals surface area contributed by atoms with Crippen molar-refractivity contribution in [3.05, 3.63) is 0 Å². The Morgan fingerprint density at radius 3 is 2.67 bits per heavy atom. The summed E-state index contributed by atoms with van der Waals surface area (Å²) in [6.45, 7) is 9.88. The summed E-state index contributed by atoms with van der Waals surface area (Å²) in [5.74, 6) is 0. The number of aliphatic hydroxyl groups is 1. The van der Waals surface area contributed by atoms with Crippen molar-refractivity contribution >= 4 is 0 Å². The van der Waals surface area contributed by atoms with Crippen LogP contribution in [0.4, 0.5) is 0 Å². The molecule has 1 unspecified atom stereocenters. The molecule has 90 valence electrons. The van der Waals surface area contributed by atoms with Crippen LogP contribution in [0.2, 0.25) is 0 Å². The average Bonchev–Trinajstić information content (AvgIpc) is 2.38. The second-order valence-electron chi connectivity index (χ2n) is 4.87. The molecule has 0 aromatic rings. The van der Waals surface area contributed by atoms with Crippen LogP contribution in [0, 0.1) is 0 Å². The Morgan fingerprint density at radius 1 is 1.33 bits per heavy atom. The summed E-state index contributed by atoms with van der Waals surface area (Å²) in [5, 5.41) is 10.4. The molecule has 1 rings (SSSR count). The molecule has 3 nitrogen and oxygen atoms in total. The fraction of sp³-hybridized carbons (Fsp3) is 1.00. The molecule has 0 amide bonds. The molecule has 0 saturated carbocycles. The van der Waals surface area contributed by atoms with Gasteiger partial charge in [-0.15, -0.1) is 0 Å². The van der Waals surface area contributed by atoms with Gasteiger partial charge in [-0.05, 0) is 46.2 Å². The smallest absolute Gasteiger partial charge is 0.0892 e. The van der Waals surface area contributed by atoms with Gasteiger partial charge in [0.1, 0.15) is 0 Å². The van der Waals surface area contributed by atoms with Gasteiger partial charge in [-0.25, -0.2) is 0 Å². The Bertz CT molecular complexity index is 184. The molecule has 15 heavy (non-hydrogen) atoms. The molecule has 0 aromatic heterocycles. The van der Waals surface area contributed by atoms with Crippen LogP contribution in [0.1, 0.15) is 40.0 Å². The molecule has 1 heterocycles. The van der Waals surface area contributed by atoms with Crippen molar-refractivity contribution in [1.29, 1.82) is 0 Å². The van der Waals surface area contributed by atoms with Gasteiger partial charge in [0.05, 0.1) is 18.3 Å². The first-order valence-corrected chi connectivity index (χ1v) is 6.12. The van der Waals surface area contributed by atoms with E-state index in [9.17, 15) is 5.11 Å². The van der Waals surface area contributed by atoms with Crippen molar-refractivity contribution in [1.82, 2.24) is 4.90 Å². The van der Waals surface area contributed by atoms with Gasteiger partial charge in [-0.2, -0.15) is 0 Å². The maximum absolute atomic E-state index is 10.4. The van der Waals surface area contributed by atoms with E-state index < -0.39 is 5.60 Å². The van der Waals surface area contributed by atoms with E-state index in [2.05, 4.69) is 11.8 Å². The maximum atomic E-state index is 10.4. The highest BCUT2D eigenvalue weighted by molar-refractivity contribution is 4.83. The third kappa shape index (κ3) is 4.49. The first-order chi connectivity index (χ1) is 7.06. The van der Waals surface area contributed by atoms with E-state index in [1.54, 1.807) is 0 Å². The molecule has 1 aliphatic rings. The van der Waals surface area contributed by atoms with Gasteiger partial charge in [-0.1, -0.05) is 6.92 Å². The highest BCUT2D eigenvalue weighted by Gasteiger charge is 2.30. The molecule has 0 aromatic carbocycles. The Balaban J connectivity index is 2.39. The van der Waals surface area contributed by atoms with Crippen molar-refractivity contribution in [2.45, 2.75) is 51.7 Å². The number of ether oxygens (including phenoxy) is 1. The fourth-order valence-corrected chi connectivity index (χ4v) is 2.02. The molecule has 3 heteroatoms. The lowest BCUT2D eigenvalue weighted by atomic mass is 9.96. The minimum Gasteiger partial charge on any atom is -0.387 e. The summed E-state index contributed by atoms with van der Waals surface area (Å²) < 4.78 is 5.54. The quantitative estimate of drug-likeness (QED) is 0.774. The van der Waals surface area contributed by atoms with E-state index in [0.29, 0.717) is 6.61 Å². The van der Waals surface area contributed by atoms with E-state index >= 15 is 0 Å². The zero-order valence-electron chi connectivity index (χ0n) is 10.3. The van der Waals surface area contributed by atoms with Crippen LogP contribution in [0.25, 0.3) is 0 Å². The molecule has 1 N–H and O–H groups in total. The van der Waals surface area contributed by atoms with E-state index in [1.807, 2.05) is 13.8 Å². The Kier molecular flexibility index (Phi) is 5.03. The van der Waals surface area contributed by atoms with Crippen LogP contribution in [-0.4, -0.2) is 48.0 Å². The first kappa shape index (κ1) is 12.9. The number of likely N-dealkylation sites (tertiary alicyclic amines) is 1. The van der Waals surface area contributed by atoms with Crippen molar-refractivity contribution in [2.24, 2.45) is 0 Å². The third-order valence-electron chi connectivity index (χ3n) is 3.14. The summed E-state index contributed by atoms with van der Waals surface area (Å²) >= 11 is 0. The van der Waals surface area contributed by atoms with E-state index in [-0.39, 0.29) is 6.10 Å². The van der Waals surface area contributed by atoms with Gasteiger partial charge in [-0.3, -0.25) is 0 Å². The normalized spacial score (nSPS) is 29.4. The molecule has 0 bridgehead atoms. The SMILES string of the molecule is CCN1CCCC(O)(COC(C)C)CC1. The third-order valence-corrected chi connectivity index (χ3v) is 3.14. The first-order valence-electron chi connectivity index (χ1n) is 6.12. The van der Waals surface area contributed by atoms with Gasteiger partial charge >= 0.3 is 0 Å². The summed E-state index contributed by atoms with van der Waals surface area (Å²) in [7, 11) is 0. The lowest BCUT2D eigenvalue weighted by Gasteiger charge is -2.27. The summed E-state index contributed by atoms with van der Waals surface area (Å²) in [6, 6.07) is 0. The van der Waals surface area contributed by atoms with Crippen LogP contribution in [-0.2, 0) is 4.74 Å². The minimum atomic E-state index is -0.589. The van der Waals surface area contributed by atoms with Crippen LogP contribution < -0.4 is 0 Å².